The van der Waals surface area contributed by atoms with E-state index in [4.69, 9.17) is 0 Å². The summed E-state index contributed by atoms with van der Waals surface area (Å²) in [6, 6.07) is 4.88. The summed E-state index contributed by atoms with van der Waals surface area (Å²) in [5.74, 6) is 2.25. The van der Waals surface area contributed by atoms with E-state index < -0.39 is 0 Å². The summed E-state index contributed by atoms with van der Waals surface area (Å²) in [6.07, 6.45) is 5.02. The fraction of sp³-hybridized carbons (Fsp3) is 0.667. The summed E-state index contributed by atoms with van der Waals surface area (Å²) in [5.41, 5.74) is 3.88. The first-order valence-corrected chi connectivity index (χ1v) is 9.35. The average molecular weight is 305 g/mol. The first kappa shape index (κ1) is 15.2. The van der Waals surface area contributed by atoms with Gasteiger partial charge in [0, 0.05) is 22.9 Å². The molecule has 21 heavy (non-hydrogen) atoms. The molecule has 3 rings (SSSR count). The first-order valence-electron chi connectivity index (χ1n) is 8.30. The molecule has 0 heterocycles. The van der Waals surface area contributed by atoms with Gasteiger partial charge >= 0.3 is 0 Å². The Labute approximate surface area is 132 Å². The van der Waals surface area contributed by atoms with E-state index >= 15 is 0 Å². The third-order valence-corrected chi connectivity index (χ3v) is 6.37. The summed E-state index contributed by atoms with van der Waals surface area (Å²) in [6.45, 7) is 6.71. The fourth-order valence-corrected chi connectivity index (χ4v) is 5.40. The predicted molar refractivity (Wildman–Crippen MR) is 91.3 cm³/mol. The molecule has 0 bridgehead atoms. The highest BCUT2D eigenvalue weighted by molar-refractivity contribution is 7.99. The van der Waals surface area contributed by atoms with Gasteiger partial charge in [0.15, 0.2) is 0 Å². The molecule has 1 aromatic rings. The minimum Gasteiger partial charge on any atom is -0.508 e. The van der Waals surface area contributed by atoms with E-state index in [1.165, 1.54) is 41.7 Å². The van der Waals surface area contributed by atoms with Crippen LogP contribution in [0.25, 0.3) is 0 Å². The third-order valence-electron chi connectivity index (χ3n) is 5.14. The van der Waals surface area contributed by atoms with E-state index in [-0.39, 0.29) is 0 Å². The first-order chi connectivity index (χ1) is 10.1. The van der Waals surface area contributed by atoms with Crippen molar-refractivity contribution in [3.05, 3.63) is 28.8 Å². The molecule has 0 radical (unpaired) electrons. The number of aryl methyl sites for hydroxylation is 1. The van der Waals surface area contributed by atoms with E-state index in [0.29, 0.717) is 23.8 Å². The van der Waals surface area contributed by atoms with Gasteiger partial charge in [-0.1, -0.05) is 19.9 Å². The molecule has 4 unspecified atom stereocenters. The number of thioether (sulfide) groups is 1. The number of benzene rings is 1. The van der Waals surface area contributed by atoms with Crippen LogP contribution in [0.4, 0.5) is 0 Å². The summed E-state index contributed by atoms with van der Waals surface area (Å²) < 4.78 is 0. The topological polar surface area (TPSA) is 32.3 Å². The Morgan fingerprint density at radius 3 is 2.81 bits per heavy atom. The fourth-order valence-electron chi connectivity index (χ4n) is 4.26. The van der Waals surface area contributed by atoms with Gasteiger partial charge in [-0.2, -0.15) is 11.8 Å². The third kappa shape index (κ3) is 2.95. The van der Waals surface area contributed by atoms with Gasteiger partial charge in [-0.15, -0.1) is 0 Å². The lowest BCUT2D eigenvalue weighted by atomic mass is 9.97. The van der Waals surface area contributed by atoms with Gasteiger partial charge in [-0.3, -0.25) is 0 Å². The molecule has 4 atom stereocenters. The highest BCUT2D eigenvalue weighted by atomic mass is 32.2. The van der Waals surface area contributed by atoms with Crippen molar-refractivity contribution in [2.45, 2.75) is 69.7 Å². The van der Waals surface area contributed by atoms with E-state index in [1.54, 1.807) is 0 Å². The van der Waals surface area contributed by atoms with Gasteiger partial charge in [0.25, 0.3) is 0 Å². The lowest BCUT2D eigenvalue weighted by Gasteiger charge is -2.21. The van der Waals surface area contributed by atoms with Crippen molar-refractivity contribution in [1.82, 2.24) is 5.32 Å². The minimum atomic E-state index is 0.338. The molecule has 1 aromatic carbocycles. The molecule has 2 nitrogen and oxygen atoms in total. The summed E-state index contributed by atoms with van der Waals surface area (Å²) in [4.78, 5) is 0. The zero-order valence-corrected chi connectivity index (χ0v) is 14.2. The Morgan fingerprint density at radius 1 is 1.24 bits per heavy atom. The molecule has 116 valence electrons. The highest BCUT2D eigenvalue weighted by Gasteiger charge is 2.35. The monoisotopic (exact) mass is 305 g/mol. The minimum absolute atomic E-state index is 0.338. The number of phenolic OH excluding ortho intramolecular Hbond substituents is 1. The second-order valence-corrected chi connectivity index (χ2v) is 8.25. The Balaban J connectivity index is 1.74. The molecular weight excluding hydrogens is 278 g/mol. The summed E-state index contributed by atoms with van der Waals surface area (Å²) >= 11 is 2.10. The number of nitrogens with one attached hydrogen (secondary N) is 1. The van der Waals surface area contributed by atoms with Crippen molar-refractivity contribution in [1.29, 1.82) is 0 Å². The quantitative estimate of drug-likeness (QED) is 0.858. The van der Waals surface area contributed by atoms with Crippen LogP contribution in [0.3, 0.4) is 0 Å². The number of phenols is 1. The lowest BCUT2D eigenvalue weighted by molar-refractivity contribution is 0.408. The number of hydrogen-bond acceptors (Lipinski definition) is 3. The van der Waals surface area contributed by atoms with E-state index in [2.05, 4.69) is 43.9 Å². The number of hydrogen-bond donors (Lipinski definition) is 2. The smallest absolute Gasteiger partial charge is 0.120 e. The summed E-state index contributed by atoms with van der Waals surface area (Å²) in [7, 11) is 0. The average Bonchev–Trinajstić information content (AvgIpc) is 3.01. The van der Waals surface area contributed by atoms with Crippen LogP contribution in [-0.4, -0.2) is 22.2 Å². The molecule has 0 amide bonds. The predicted octanol–water partition coefficient (Wildman–Crippen LogP) is 4.51. The van der Waals surface area contributed by atoms with Crippen LogP contribution in [0, 0.1) is 6.92 Å². The van der Waals surface area contributed by atoms with Gasteiger partial charge < -0.3 is 10.4 Å². The van der Waals surface area contributed by atoms with Crippen LogP contribution in [0.2, 0.25) is 0 Å². The van der Waals surface area contributed by atoms with E-state index in [1.807, 2.05) is 6.07 Å². The summed E-state index contributed by atoms with van der Waals surface area (Å²) in [5, 5.41) is 15.0. The van der Waals surface area contributed by atoms with Crippen molar-refractivity contribution in [3.8, 4) is 5.75 Å². The van der Waals surface area contributed by atoms with E-state index in [0.717, 1.165) is 11.7 Å². The molecule has 2 aliphatic carbocycles. The zero-order chi connectivity index (χ0) is 15.0. The van der Waals surface area contributed by atoms with Crippen LogP contribution < -0.4 is 5.32 Å². The van der Waals surface area contributed by atoms with Crippen LogP contribution in [0.1, 0.15) is 68.2 Å². The van der Waals surface area contributed by atoms with Crippen molar-refractivity contribution < 1.29 is 5.11 Å². The molecule has 1 saturated carbocycles. The second kappa shape index (κ2) is 6.21. The van der Waals surface area contributed by atoms with E-state index in [9.17, 15) is 5.11 Å². The SMILES string of the molecule is CCSC1CCC(NC2CC(C)c3c(C)ccc(O)c32)C1. The largest absolute Gasteiger partial charge is 0.508 e. The van der Waals surface area contributed by atoms with Gasteiger partial charge in [0.1, 0.15) is 5.75 Å². The Hall–Kier alpha value is -0.670. The van der Waals surface area contributed by atoms with Crippen molar-refractivity contribution >= 4 is 11.8 Å². The number of aromatic hydroxyl groups is 1. The maximum atomic E-state index is 10.3. The Bertz CT molecular complexity index is 516. The van der Waals surface area contributed by atoms with Crippen molar-refractivity contribution in [2.75, 3.05) is 5.75 Å². The van der Waals surface area contributed by atoms with Crippen molar-refractivity contribution in [3.63, 3.8) is 0 Å². The Kier molecular flexibility index (Phi) is 4.51. The molecule has 1 fully saturated rings. The van der Waals surface area contributed by atoms with Crippen LogP contribution in [0.5, 0.6) is 5.75 Å². The molecule has 0 aromatic heterocycles. The molecule has 2 N–H and O–H groups in total. The van der Waals surface area contributed by atoms with Gasteiger partial charge in [0.2, 0.25) is 0 Å². The zero-order valence-electron chi connectivity index (χ0n) is 13.4. The van der Waals surface area contributed by atoms with Crippen LogP contribution in [0.15, 0.2) is 12.1 Å². The van der Waals surface area contributed by atoms with Gasteiger partial charge in [-0.25, -0.2) is 0 Å². The molecule has 0 saturated heterocycles. The Morgan fingerprint density at radius 2 is 2.05 bits per heavy atom. The van der Waals surface area contributed by atoms with Crippen molar-refractivity contribution in [2.24, 2.45) is 0 Å². The normalized spacial score (nSPS) is 31.6. The maximum Gasteiger partial charge on any atom is 0.120 e. The molecule has 0 aliphatic heterocycles. The number of fused-ring (bicyclic) bond motifs is 1. The molecule has 2 aliphatic rings. The standard InChI is InChI=1S/C18H27NOS/c1-4-21-14-7-6-13(10-14)19-15-9-12(3)17-11(2)5-8-16(20)18(15)17/h5,8,12-15,19-20H,4,6-7,9-10H2,1-3H3. The molecule has 0 spiro atoms. The molecule has 3 heteroatoms. The van der Waals surface area contributed by atoms with Gasteiger partial charge in [-0.05, 0) is 61.5 Å². The van der Waals surface area contributed by atoms with Crippen LogP contribution in [-0.2, 0) is 0 Å². The molecular formula is C18H27NOS. The maximum absolute atomic E-state index is 10.3. The second-order valence-electron chi connectivity index (χ2n) is 6.67. The van der Waals surface area contributed by atoms with Gasteiger partial charge in [0.05, 0.1) is 0 Å². The lowest BCUT2D eigenvalue weighted by Crippen LogP contribution is -2.30. The number of rotatable bonds is 4. The highest BCUT2D eigenvalue weighted by Crippen LogP contribution is 2.46. The van der Waals surface area contributed by atoms with Crippen LogP contribution >= 0.6 is 11.8 Å².